The van der Waals surface area contributed by atoms with Crippen molar-refractivity contribution in [3.05, 3.63) is 51.7 Å². The van der Waals surface area contributed by atoms with Crippen LogP contribution in [-0.4, -0.2) is 7.11 Å². The smallest absolute Gasteiger partial charge is 0.162 e. The highest BCUT2D eigenvalue weighted by molar-refractivity contribution is 7.10. The van der Waals surface area contributed by atoms with Crippen molar-refractivity contribution >= 4 is 11.3 Å². The zero-order valence-corrected chi connectivity index (χ0v) is 11.1. The number of hydrazine groups is 1. The molecule has 0 saturated carbocycles. The summed E-state index contributed by atoms with van der Waals surface area (Å²) in [4.78, 5) is 0.906. The molecule has 0 radical (unpaired) electrons. The maximum Gasteiger partial charge on any atom is 0.162 e. The number of nitrogens with two attached hydrogens (primary N) is 1. The summed E-state index contributed by atoms with van der Waals surface area (Å²) in [6.07, 6.45) is 0.268. The molecule has 1 unspecified atom stereocenters. The number of benzene rings is 1. The molecule has 0 bridgehead atoms. The van der Waals surface area contributed by atoms with Crippen LogP contribution in [0.25, 0.3) is 0 Å². The van der Waals surface area contributed by atoms with Gasteiger partial charge in [0.05, 0.1) is 13.2 Å². The molecule has 0 aliphatic heterocycles. The Morgan fingerprint density at radius 3 is 2.84 bits per heavy atom. The van der Waals surface area contributed by atoms with E-state index in [0.717, 1.165) is 16.7 Å². The lowest BCUT2D eigenvalue weighted by molar-refractivity contribution is 0.415. The van der Waals surface area contributed by atoms with Crippen LogP contribution in [-0.2, 0) is 6.42 Å². The van der Waals surface area contributed by atoms with Gasteiger partial charge in [0.15, 0.2) is 11.6 Å². The van der Waals surface area contributed by atoms with Crippen molar-refractivity contribution in [2.45, 2.75) is 12.5 Å². The molecule has 2 rings (SSSR count). The predicted molar refractivity (Wildman–Crippen MR) is 71.0 cm³/mol. The fraction of sp³-hybridized carbons (Fsp3) is 0.231. The molecule has 19 heavy (non-hydrogen) atoms. The predicted octanol–water partition coefficient (Wildman–Crippen LogP) is 2.78. The summed E-state index contributed by atoms with van der Waals surface area (Å²) in [7, 11) is 1.57. The monoisotopic (exact) mass is 284 g/mol. The van der Waals surface area contributed by atoms with Gasteiger partial charge in [0.2, 0.25) is 0 Å². The first kappa shape index (κ1) is 13.9. The van der Waals surface area contributed by atoms with E-state index in [-0.39, 0.29) is 18.0 Å². The van der Waals surface area contributed by atoms with Crippen LogP contribution in [0.2, 0.25) is 0 Å². The number of thiophene rings is 1. The second kappa shape index (κ2) is 6.10. The van der Waals surface area contributed by atoms with Crippen LogP contribution in [0.4, 0.5) is 8.78 Å². The summed E-state index contributed by atoms with van der Waals surface area (Å²) in [6, 6.07) is 5.67. The molecule has 0 spiro atoms. The average molecular weight is 284 g/mol. The Morgan fingerprint density at radius 2 is 2.21 bits per heavy atom. The number of ether oxygens (including phenoxy) is 1. The fourth-order valence-corrected chi connectivity index (χ4v) is 2.71. The molecule has 6 heteroatoms. The van der Waals surface area contributed by atoms with Gasteiger partial charge >= 0.3 is 0 Å². The Labute approximate surface area is 114 Å². The lowest BCUT2D eigenvalue weighted by atomic mass is 10.0. The molecule has 0 fully saturated rings. The number of rotatable bonds is 5. The normalized spacial score (nSPS) is 12.4. The first-order valence-electron chi connectivity index (χ1n) is 5.67. The molecule has 2 aromatic rings. The third kappa shape index (κ3) is 3.09. The minimum Gasteiger partial charge on any atom is -0.496 e. The van der Waals surface area contributed by atoms with E-state index in [1.807, 2.05) is 11.4 Å². The average Bonchev–Trinajstić information content (AvgIpc) is 2.89. The summed E-state index contributed by atoms with van der Waals surface area (Å²) in [6.45, 7) is 0. The minimum absolute atomic E-state index is 0.268. The van der Waals surface area contributed by atoms with Crippen LogP contribution in [0.3, 0.4) is 0 Å². The van der Waals surface area contributed by atoms with Crippen molar-refractivity contribution in [3.63, 3.8) is 0 Å². The lowest BCUT2D eigenvalue weighted by Gasteiger charge is -2.14. The van der Waals surface area contributed by atoms with Crippen molar-refractivity contribution in [1.29, 1.82) is 0 Å². The van der Waals surface area contributed by atoms with Gasteiger partial charge in [-0.05, 0) is 24.1 Å². The van der Waals surface area contributed by atoms with Gasteiger partial charge in [-0.15, -0.1) is 11.3 Å². The number of halogens is 2. The minimum atomic E-state index is -0.850. The summed E-state index contributed by atoms with van der Waals surface area (Å²) >= 11 is 1.45. The number of methoxy groups -OCH3 is 1. The van der Waals surface area contributed by atoms with E-state index >= 15 is 0 Å². The van der Waals surface area contributed by atoms with Crippen molar-refractivity contribution in [2.24, 2.45) is 5.84 Å². The van der Waals surface area contributed by atoms with Gasteiger partial charge in [0.1, 0.15) is 5.75 Å². The quantitative estimate of drug-likeness (QED) is 0.655. The standard InChI is InChI=1S/C13H14F2N2OS/c1-18-9-6-12(19-7-9)11(17-16)5-8-3-2-4-10(14)13(8)15/h2-4,6-7,11,17H,5,16H2,1H3. The van der Waals surface area contributed by atoms with Crippen molar-refractivity contribution in [2.75, 3.05) is 7.11 Å². The molecule has 3 N–H and O–H groups in total. The van der Waals surface area contributed by atoms with Crippen LogP contribution < -0.4 is 16.0 Å². The largest absolute Gasteiger partial charge is 0.496 e. The van der Waals surface area contributed by atoms with Crippen LogP contribution in [0.5, 0.6) is 5.75 Å². The molecular weight excluding hydrogens is 270 g/mol. The molecule has 1 atom stereocenters. The van der Waals surface area contributed by atoms with E-state index in [9.17, 15) is 8.78 Å². The topological polar surface area (TPSA) is 47.3 Å². The Kier molecular flexibility index (Phi) is 4.47. The van der Waals surface area contributed by atoms with Gasteiger partial charge in [-0.25, -0.2) is 8.78 Å². The van der Waals surface area contributed by atoms with Crippen molar-refractivity contribution in [3.8, 4) is 5.75 Å². The summed E-state index contributed by atoms with van der Waals surface area (Å²) in [5.74, 6) is 4.54. The van der Waals surface area contributed by atoms with E-state index < -0.39 is 11.6 Å². The first-order chi connectivity index (χ1) is 9.15. The lowest BCUT2D eigenvalue weighted by Crippen LogP contribution is -2.29. The highest BCUT2D eigenvalue weighted by Crippen LogP contribution is 2.29. The summed E-state index contributed by atoms with van der Waals surface area (Å²) < 4.78 is 31.9. The third-order valence-electron chi connectivity index (χ3n) is 2.83. The van der Waals surface area contributed by atoms with Crippen LogP contribution in [0.15, 0.2) is 29.6 Å². The van der Waals surface area contributed by atoms with E-state index in [0.29, 0.717) is 0 Å². The Hall–Kier alpha value is -1.50. The SMILES string of the molecule is COc1csc(C(Cc2cccc(F)c2F)NN)c1. The number of nitrogens with one attached hydrogen (secondary N) is 1. The number of hydrogen-bond donors (Lipinski definition) is 2. The Bertz CT molecular complexity index is 559. The molecule has 0 aliphatic carbocycles. The van der Waals surface area contributed by atoms with Gasteiger partial charge in [-0.2, -0.15) is 0 Å². The molecule has 0 amide bonds. The fourth-order valence-electron chi connectivity index (χ4n) is 1.79. The summed E-state index contributed by atoms with van der Waals surface area (Å²) in [5, 5.41) is 1.83. The van der Waals surface area contributed by atoms with Crippen molar-refractivity contribution in [1.82, 2.24) is 5.43 Å². The second-order valence-corrected chi connectivity index (χ2v) is 4.97. The maximum atomic E-state index is 13.6. The molecule has 1 aromatic heterocycles. The third-order valence-corrected chi connectivity index (χ3v) is 3.86. The number of hydrogen-bond acceptors (Lipinski definition) is 4. The van der Waals surface area contributed by atoms with Crippen LogP contribution >= 0.6 is 11.3 Å². The molecule has 0 aliphatic rings. The van der Waals surface area contributed by atoms with E-state index in [1.165, 1.54) is 17.4 Å². The second-order valence-electron chi connectivity index (χ2n) is 4.03. The Balaban J connectivity index is 2.21. The van der Waals surface area contributed by atoms with Gasteiger partial charge in [-0.1, -0.05) is 12.1 Å². The highest BCUT2D eigenvalue weighted by atomic mass is 32.1. The van der Waals surface area contributed by atoms with Gasteiger partial charge in [0.25, 0.3) is 0 Å². The molecule has 0 saturated heterocycles. The van der Waals surface area contributed by atoms with Crippen LogP contribution in [0.1, 0.15) is 16.5 Å². The molecule has 1 heterocycles. The molecule has 3 nitrogen and oxygen atoms in total. The Morgan fingerprint density at radius 1 is 1.42 bits per heavy atom. The summed E-state index contributed by atoms with van der Waals surface area (Å²) in [5.41, 5.74) is 2.90. The van der Waals surface area contributed by atoms with Gasteiger partial charge in [-0.3, -0.25) is 11.3 Å². The molecule has 102 valence electrons. The van der Waals surface area contributed by atoms with E-state index in [4.69, 9.17) is 10.6 Å². The van der Waals surface area contributed by atoms with E-state index in [2.05, 4.69) is 5.43 Å². The van der Waals surface area contributed by atoms with Crippen molar-refractivity contribution < 1.29 is 13.5 Å². The molecular formula is C13H14F2N2OS. The molecule has 1 aromatic carbocycles. The van der Waals surface area contributed by atoms with Gasteiger partial charge < -0.3 is 4.74 Å². The van der Waals surface area contributed by atoms with E-state index in [1.54, 1.807) is 13.2 Å². The van der Waals surface area contributed by atoms with Crippen LogP contribution in [0, 0.1) is 11.6 Å². The maximum absolute atomic E-state index is 13.6. The van der Waals surface area contributed by atoms with Gasteiger partial charge in [0, 0.05) is 10.3 Å². The zero-order chi connectivity index (χ0) is 13.8. The zero-order valence-electron chi connectivity index (χ0n) is 10.3. The first-order valence-corrected chi connectivity index (χ1v) is 6.55. The highest BCUT2D eigenvalue weighted by Gasteiger charge is 2.17.